The Hall–Kier alpha value is -3.93. The molecule has 2 heterocycles. The zero-order valence-corrected chi connectivity index (χ0v) is 15.7. The topological polar surface area (TPSA) is 59.8 Å². The van der Waals surface area contributed by atoms with E-state index in [4.69, 9.17) is 9.15 Å². The third kappa shape index (κ3) is 3.12. The minimum Gasteiger partial charge on any atom is -0.453 e. The number of rotatable bonds is 4. The number of halogens is 1. The Balaban J connectivity index is 1.55. The highest BCUT2D eigenvalue weighted by Crippen LogP contribution is 2.40. The maximum atomic E-state index is 13.4. The van der Waals surface area contributed by atoms with E-state index in [1.807, 2.05) is 30.3 Å². The van der Waals surface area contributed by atoms with Gasteiger partial charge >= 0.3 is 6.09 Å². The molecule has 0 saturated carbocycles. The molecule has 30 heavy (non-hydrogen) atoms. The molecule has 0 N–H and O–H groups in total. The van der Waals surface area contributed by atoms with Crippen LogP contribution in [0.1, 0.15) is 28.6 Å². The first-order valence-corrected chi connectivity index (χ1v) is 9.47. The Labute approximate surface area is 171 Å². The van der Waals surface area contributed by atoms with Crippen LogP contribution < -0.4 is 9.64 Å². The van der Waals surface area contributed by atoms with E-state index in [1.165, 1.54) is 29.2 Å². The summed E-state index contributed by atoms with van der Waals surface area (Å²) in [5.41, 5.74) is 1.77. The monoisotopic (exact) mass is 401 g/mol. The lowest BCUT2D eigenvalue weighted by Crippen LogP contribution is -2.42. The quantitative estimate of drug-likeness (QED) is 0.399. The number of para-hydroxylation sites is 2. The zero-order chi connectivity index (χ0) is 20.7. The van der Waals surface area contributed by atoms with E-state index in [0.717, 1.165) is 5.39 Å². The molecule has 1 aromatic heterocycles. The fourth-order valence-electron chi connectivity index (χ4n) is 3.74. The highest BCUT2D eigenvalue weighted by Gasteiger charge is 2.37. The number of carbonyl (C=O) groups excluding carboxylic acids is 2. The van der Waals surface area contributed by atoms with Crippen LogP contribution in [0.15, 0.2) is 83.3 Å². The summed E-state index contributed by atoms with van der Waals surface area (Å²) in [6, 6.07) is 21.0. The molecule has 148 valence electrons. The second-order valence-electron chi connectivity index (χ2n) is 7.04. The van der Waals surface area contributed by atoms with Crippen molar-refractivity contribution in [2.45, 2.75) is 12.5 Å². The number of furan rings is 1. The number of anilines is 1. The van der Waals surface area contributed by atoms with Gasteiger partial charge in [-0.25, -0.2) is 9.18 Å². The average molecular weight is 401 g/mol. The highest BCUT2D eigenvalue weighted by atomic mass is 19.1. The fraction of sp³-hybridized carbons (Fsp3) is 0.0833. The van der Waals surface area contributed by atoms with Crippen molar-refractivity contribution in [3.63, 3.8) is 0 Å². The van der Waals surface area contributed by atoms with Gasteiger partial charge in [0.05, 0.1) is 6.04 Å². The van der Waals surface area contributed by atoms with Crippen molar-refractivity contribution in [3.8, 4) is 5.75 Å². The molecule has 0 saturated heterocycles. The van der Waals surface area contributed by atoms with Crippen molar-refractivity contribution in [1.29, 1.82) is 0 Å². The Morgan fingerprint density at radius 3 is 2.50 bits per heavy atom. The van der Waals surface area contributed by atoms with Gasteiger partial charge in [0.15, 0.2) is 11.5 Å². The predicted molar refractivity (Wildman–Crippen MR) is 109 cm³/mol. The number of benzene rings is 3. The third-order valence-corrected chi connectivity index (χ3v) is 5.17. The van der Waals surface area contributed by atoms with Crippen LogP contribution in [0.2, 0.25) is 0 Å². The second kappa shape index (κ2) is 7.15. The van der Waals surface area contributed by atoms with E-state index in [2.05, 4.69) is 0 Å². The average Bonchev–Trinajstić information content (AvgIpc) is 3.19. The number of carbonyl (C=O) groups is 2. The molecule has 0 radical (unpaired) electrons. The van der Waals surface area contributed by atoms with Crippen molar-refractivity contribution in [3.05, 3.63) is 96.0 Å². The van der Waals surface area contributed by atoms with Crippen LogP contribution >= 0.6 is 0 Å². The largest absolute Gasteiger partial charge is 0.453 e. The predicted octanol–water partition coefficient (Wildman–Crippen LogP) is 5.91. The molecular weight excluding hydrogens is 385 g/mol. The maximum absolute atomic E-state index is 13.4. The first kappa shape index (κ1) is 18.1. The molecule has 0 bridgehead atoms. The number of nitrogens with zero attached hydrogens (tertiary/aromatic N) is 1. The highest BCUT2D eigenvalue weighted by molar-refractivity contribution is 6.00. The molecule has 5 rings (SSSR count). The SMILES string of the molecule is O=C(C[C@H]1c2ccccc2OC(=O)N1c1ccc(F)cc1)c1cc2ccccc2o1. The van der Waals surface area contributed by atoms with E-state index in [-0.39, 0.29) is 18.0 Å². The van der Waals surface area contributed by atoms with E-state index in [0.29, 0.717) is 22.6 Å². The Morgan fingerprint density at radius 1 is 0.967 bits per heavy atom. The van der Waals surface area contributed by atoms with Crippen LogP contribution in [0.25, 0.3) is 11.0 Å². The molecule has 0 unspecified atom stereocenters. The standard InChI is InChI=1S/C24H16FNO4/c25-16-9-11-17(12-10-16)26-19(18-6-2-4-8-22(18)30-24(26)28)14-20(27)23-13-15-5-1-3-7-21(15)29-23/h1-13,19H,14H2/t19-/m0/s1. The summed E-state index contributed by atoms with van der Waals surface area (Å²) >= 11 is 0. The van der Waals surface area contributed by atoms with Gasteiger partial charge in [0.1, 0.15) is 17.1 Å². The van der Waals surface area contributed by atoms with Crippen LogP contribution in [0.5, 0.6) is 5.75 Å². The van der Waals surface area contributed by atoms with Gasteiger partial charge < -0.3 is 9.15 Å². The van der Waals surface area contributed by atoms with Gasteiger partial charge in [-0.05, 0) is 42.5 Å². The van der Waals surface area contributed by atoms with E-state index in [1.54, 1.807) is 24.3 Å². The summed E-state index contributed by atoms with van der Waals surface area (Å²) < 4.78 is 24.6. The summed E-state index contributed by atoms with van der Waals surface area (Å²) in [5.74, 6) is -0.0258. The Kier molecular flexibility index (Phi) is 4.32. The molecule has 1 aliphatic rings. The van der Waals surface area contributed by atoms with Gasteiger partial charge in [0.25, 0.3) is 0 Å². The number of fused-ring (bicyclic) bond motifs is 2. The number of ketones is 1. The summed E-state index contributed by atoms with van der Waals surface area (Å²) in [7, 11) is 0. The Bertz CT molecular complexity index is 1230. The lowest BCUT2D eigenvalue weighted by molar-refractivity contribution is 0.0946. The van der Waals surface area contributed by atoms with Gasteiger partial charge in [0.2, 0.25) is 0 Å². The van der Waals surface area contributed by atoms with Crippen molar-refractivity contribution in [2.75, 3.05) is 4.90 Å². The molecular formula is C24H16FNO4. The smallest absolute Gasteiger partial charge is 0.420 e. The normalized spacial score (nSPS) is 15.7. The number of Topliss-reactive ketones (excluding diaryl/α,β-unsaturated/α-hetero) is 1. The lowest BCUT2D eigenvalue weighted by Gasteiger charge is -2.35. The van der Waals surface area contributed by atoms with Crippen molar-refractivity contribution < 1.29 is 23.1 Å². The van der Waals surface area contributed by atoms with Crippen molar-refractivity contribution >= 4 is 28.5 Å². The first-order chi connectivity index (χ1) is 14.6. The maximum Gasteiger partial charge on any atom is 0.420 e. The van der Waals surface area contributed by atoms with Gasteiger partial charge in [-0.1, -0.05) is 36.4 Å². The molecule has 1 amide bonds. The summed E-state index contributed by atoms with van der Waals surface area (Å²) in [6.07, 6.45) is -0.633. The van der Waals surface area contributed by atoms with Crippen molar-refractivity contribution in [1.82, 2.24) is 0 Å². The number of ether oxygens (including phenoxy) is 1. The molecule has 0 spiro atoms. The fourth-order valence-corrected chi connectivity index (χ4v) is 3.74. The number of hydrogen-bond acceptors (Lipinski definition) is 4. The van der Waals surface area contributed by atoms with E-state index >= 15 is 0 Å². The zero-order valence-electron chi connectivity index (χ0n) is 15.7. The molecule has 5 nitrogen and oxygen atoms in total. The molecule has 0 fully saturated rings. The van der Waals surface area contributed by atoms with Gasteiger partial charge in [-0.15, -0.1) is 0 Å². The van der Waals surface area contributed by atoms with Crippen molar-refractivity contribution in [2.24, 2.45) is 0 Å². The molecule has 0 aliphatic carbocycles. The van der Waals surface area contributed by atoms with Crippen LogP contribution in [-0.2, 0) is 0 Å². The summed E-state index contributed by atoms with van der Waals surface area (Å²) in [4.78, 5) is 27.3. The minimum absolute atomic E-state index is 0.0106. The van der Waals surface area contributed by atoms with Crippen LogP contribution in [0.3, 0.4) is 0 Å². The third-order valence-electron chi connectivity index (χ3n) is 5.17. The number of hydrogen-bond donors (Lipinski definition) is 0. The van der Waals surface area contributed by atoms with Crippen LogP contribution in [-0.4, -0.2) is 11.9 Å². The minimum atomic E-state index is -0.622. The van der Waals surface area contributed by atoms with E-state index in [9.17, 15) is 14.0 Å². The molecule has 3 aromatic carbocycles. The van der Waals surface area contributed by atoms with Gasteiger partial charge in [0, 0.05) is 23.1 Å². The molecule has 1 aliphatic heterocycles. The molecule has 6 heteroatoms. The Morgan fingerprint density at radius 2 is 1.70 bits per heavy atom. The van der Waals surface area contributed by atoms with Crippen LogP contribution in [0.4, 0.5) is 14.9 Å². The first-order valence-electron chi connectivity index (χ1n) is 9.47. The lowest BCUT2D eigenvalue weighted by atomic mass is 9.96. The van der Waals surface area contributed by atoms with Gasteiger partial charge in [-0.2, -0.15) is 0 Å². The summed E-state index contributed by atoms with van der Waals surface area (Å²) in [5, 5.41) is 0.833. The van der Waals surface area contributed by atoms with Gasteiger partial charge in [-0.3, -0.25) is 9.69 Å². The van der Waals surface area contributed by atoms with E-state index < -0.39 is 18.0 Å². The summed E-state index contributed by atoms with van der Waals surface area (Å²) in [6.45, 7) is 0. The second-order valence-corrected chi connectivity index (χ2v) is 7.04. The molecule has 1 atom stereocenters. The number of amides is 1. The van der Waals surface area contributed by atoms with Crippen LogP contribution in [0, 0.1) is 5.82 Å². The molecule has 4 aromatic rings.